The third-order valence-corrected chi connectivity index (χ3v) is 4.58. The first-order chi connectivity index (χ1) is 12.5. The van der Waals surface area contributed by atoms with Gasteiger partial charge in [-0.1, -0.05) is 17.7 Å². The van der Waals surface area contributed by atoms with E-state index in [-0.39, 0.29) is 6.42 Å². The highest BCUT2D eigenvalue weighted by molar-refractivity contribution is 6.30. The van der Waals surface area contributed by atoms with Crippen molar-refractivity contribution < 1.29 is 14.6 Å². The molecular formula is C21H19ClNO3-. The number of carbonyl (C=O) groups is 1. The molecule has 0 aliphatic heterocycles. The van der Waals surface area contributed by atoms with Gasteiger partial charge in [0.05, 0.1) is 18.5 Å². The van der Waals surface area contributed by atoms with Crippen molar-refractivity contribution in [1.29, 1.82) is 0 Å². The lowest BCUT2D eigenvalue weighted by atomic mass is 10.1. The van der Waals surface area contributed by atoms with Crippen molar-refractivity contribution in [1.82, 2.24) is 4.57 Å². The second-order valence-electron chi connectivity index (χ2n) is 6.08. The van der Waals surface area contributed by atoms with Crippen LogP contribution in [-0.4, -0.2) is 17.6 Å². The zero-order valence-electron chi connectivity index (χ0n) is 14.7. The summed E-state index contributed by atoms with van der Waals surface area (Å²) >= 11 is 6.22. The number of aromatic nitrogens is 1. The summed E-state index contributed by atoms with van der Waals surface area (Å²) in [6.07, 6.45) is 0.343. The van der Waals surface area contributed by atoms with Gasteiger partial charge in [-0.2, -0.15) is 0 Å². The maximum Gasteiger partial charge on any atom is 0.118 e. The summed E-state index contributed by atoms with van der Waals surface area (Å²) in [7, 11) is 1.63. The molecule has 2 aromatic carbocycles. The van der Waals surface area contributed by atoms with Crippen LogP contribution >= 0.6 is 11.6 Å². The number of hydrogen-bond acceptors (Lipinski definition) is 3. The average molecular weight is 369 g/mol. The molecule has 134 valence electrons. The van der Waals surface area contributed by atoms with Gasteiger partial charge in [0.15, 0.2) is 0 Å². The van der Waals surface area contributed by atoms with Gasteiger partial charge in [0, 0.05) is 16.7 Å². The van der Waals surface area contributed by atoms with Gasteiger partial charge in [0.2, 0.25) is 0 Å². The minimum atomic E-state index is -1.06. The molecule has 4 nitrogen and oxygen atoms in total. The topological polar surface area (TPSA) is 54.3 Å². The monoisotopic (exact) mass is 368 g/mol. The Labute approximate surface area is 157 Å². The molecule has 0 atom stereocenters. The van der Waals surface area contributed by atoms with Crippen LogP contribution in [0.1, 0.15) is 17.7 Å². The summed E-state index contributed by atoms with van der Waals surface area (Å²) in [5.74, 6) is -0.283. The molecule has 26 heavy (non-hydrogen) atoms. The molecule has 0 saturated carbocycles. The normalized spacial score (nSPS) is 10.7. The van der Waals surface area contributed by atoms with E-state index in [1.165, 1.54) is 0 Å². The molecule has 0 saturated heterocycles. The van der Waals surface area contributed by atoms with Crippen molar-refractivity contribution in [3.05, 3.63) is 70.9 Å². The van der Waals surface area contributed by atoms with Crippen LogP contribution in [0.5, 0.6) is 5.75 Å². The summed E-state index contributed by atoms with van der Waals surface area (Å²) in [6, 6.07) is 17.4. The van der Waals surface area contributed by atoms with E-state index in [4.69, 9.17) is 16.3 Å². The van der Waals surface area contributed by atoms with E-state index < -0.39 is 5.97 Å². The molecule has 0 spiro atoms. The molecule has 1 aromatic heterocycles. The summed E-state index contributed by atoms with van der Waals surface area (Å²) in [6.45, 7) is 2.01. The Morgan fingerprint density at radius 2 is 1.85 bits per heavy atom. The molecule has 0 aliphatic carbocycles. The van der Waals surface area contributed by atoms with E-state index in [2.05, 4.69) is 4.57 Å². The number of hydrogen-bond donors (Lipinski definition) is 0. The summed E-state index contributed by atoms with van der Waals surface area (Å²) < 4.78 is 7.29. The minimum Gasteiger partial charge on any atom is -0.550 e. The molecule has 0 unspecified atom stereocenters. The van der Waals surface area contributed by atoms with E-state index in [0.717, 1.165) is 34.0 Å². The summed E-state index contributed by atoms with van der Waals surface area (Å²) in [5.41, 5.74) is 4.85. The largest absolute Gasteiger partial charge is 0.550 e. The molecular weight excluding hydrogens is 350 g/mol. The van der Waals surface area contributed by atoms with Crippen LogP contribution in [0.4, 0.5) is 0 Å². The molecule has 3 rings (SSSR count). The number of carboxylic acid groups (broad SMARTS) is 1. The highest BCUT2D eigenvalue weighted by Gasteiger charge is 2.14. The van der Waals surface area contributed by atoms with Crippen molar-refractivity contribution in [3.8, 4) is 22.7 Å². The minimum absolute atomic E-state index is 0.0360. The molecule has 0 bridgehead atoms. The van der Waals surface area contributed by atoms with E-state index in [0.29, 0.717) is 11.4 Å². The fourth-order valence-electron chi connectivity index (χ4n) is 3.00. The third-order valence-electron chi connectivity index (χ3n) is 4.34. The van der Waals surface area contributed by atoms with Gasteiger partial charge in [-0.3, -0.25) is 0 Å². The van der Waals surface area contributed by atoms with Crippen LogP contribution < -0.4 is 9.84 Å². The fourth-order valence-corrected chi connectivity index (χ4v) is 3.17. The standard InChI is InChI=1S/C21H20ClNO3/c1-14-3-6-16(22)13-20(14)23-17(8-12-21(24)25)7-11-19(23)15-4-9-18(26-2)10-5-15/h3-7,9-11,13H,8,12H2,1-2H3,(H,24,25)/p-1. The van der Waals surface area contributed by atoms with Crippen molar-refractivity contribution >= 4 is 17.6 Å². The van der Waals surface area contributed by atoms with Crippen LogP contribution in [-0.2, 0) is 11.2 Å². The number of ether oxygens (including phenoxy) is 1. The van der Waals surface area contributed by atoms with Gasteiger partial charge in [0.25, 0.3) is 0 Å². The number of rotatable bonds is 6. The fraction of sp³-hybridized carbons (Fsp3) is 0.190. The summed E-state index contributed by atoms with van der Waals surface area (Å²) in [5, 5.41) is 11.6. The van der Waals surface area contributed by atoms with E-state index >= 15 is 0 Å². The maximum absolute atomic E-state index is 10.9. The number of halogens is 1. The number of nitrogens with zero attached hydrogens (tertiary/aromatic N) is 1. The van der Waals surface area contributed by atoms with E-state index in [1.54, 1.807) is 7.11 Å². The Morgan fingerprint density at radius 3 is 2.50 bits per heavy atom. The Hall–Kier alpha value is -2.72. The van der Waals surface area contributed by atoms with Crippen LogP contribution in [0.15, 0.2) is 54.6 Å². The molecule has 1 heterocycles. The van der Waals surface area contributed by atoms with Gasteiger partial charge < -0.3 is 19.2 Å². The smallest absolute Gasteiger partial charge is 0.118 e. The molecule has 5 heteroatoms. The number of benzene rings is 2. The Balaban J connectivity index is 2.15. The highest BCUT2D eigenvalue weighted by Crippen LogP contribution is 2.31. The second kappa shape index (κ2) is 7.67. The van der Waals surface area contributed by atoms with Gasteiger partial charge in [0.1, 0.15) is 5.75 Å². The average Bonchev–Trinajstić information content (AvgIpc) is 3.05. The van der Waals surface area contributed by atoms with Crippen molar-refractivity contribution in [2.24, 2.45) is 0 Å². The SMILES string of the molecule is COc1ccc(-c2ccc(CCC(=O)[O-])n2-c2cc(Cl)ccc2C)cc1. The molecule has 0 aliphatic rings. The van der Waals surface area contributed by atoms with Crippen molar-refractivity contribution in [3.63, 3.8) is 0 Å². The first-order valence-corrected chi connectivity index (χ1v) is 8.69. The highest BCUT2D eigenvalue weighted by atomic mass is 35.5. The molecule has 0 fully saturated rings. The lowest BCUT2D eigenvalue weighted by Gasteiger charge is -2.17. The first kappa shape index (κ1) is 18.1. The van der Waals surface area contributed by atoms with Gasteiger partial charge in [-0.25, -0.2) is 0 Å². The molecule has 3 aromatic rings. The molecule has 0 N–H and O–H groups in total. The van der Waals surface area contributed by atoms with E-state index in [9.17, 15) is 9.90 Å². The molecule has 0 amide bonds. The Bertz CT molecular complexity index is 929. The van der Waals surface area contributed by atoms with Crippen molar-refractivity contribution in [2.75, 3.05) is 7.11 Å². The van der Waals surface area contributed by atoms with Crippen LogP contribution in [0.2, 0.25) is 5.02 Å². The number of aliphatic carboxylic acids is 1. The molecule has 0 radical (unpaired) electrons. The number of aryl methyl sites for hydroxylation is 2. The maximum atomic E-state index is 10.9. The van der Waals surface area contributed by atoms with Crippen LogP contribution in [0.25, 0.3) is 16.9 Å². The lowest BCUT2D eigenvalue weighted by molar-refractivity contribution is -0.305. The van der Waals surface area contributed by atoms with E-state index in [1.807, 2.05) is 61.5 Å². The quantitative estimate of drug-likeness (QED) is 0.665. The van der Waals surface area contributed by atoms with Gasteiger partial charge in [-0.05, 0) is 79.4 Å². The van der Waals surface area contributed by atoms with Crippen molar-refractivity contribution in [2.45, 2.75) is 19.8 Å². The number of carbonyl (C=O) groups excluding carboxylic acids is 1. The van der Waals surface area contributed by atoms with Gasteiger partial charge in [-0.15, -0.1) is 0 Å². The lowest BCUT2D eigenvalue weighted by Crippen LogP contribution is -2.22. The Kier molecular flexibility index (Phi) is 5.33. The number of methoxy groups -OCH3 is 1. The zero-order valence-corrected chi connectivity index (χ0v) is 15.4. The zero-order chi connectivity index (χ0) is 18.7. The van der Waals surface area contributed by atoms with Gasteiger partial charge >= 0.3 is 0 Å². The predicted molar refractivity (Wildman–Crippen MR) is 101 cm³/mol. The van der Waals surface area contributed by atoms with Crippen LogP contribution in [0, 0.1) is 6.92 Å². The predicted octanol–water partition coefficient (Wildman–Crippen LogP) is 3.80. The van der Waals surface area contributed by atoms with Crippen LogP contribution in [0.3, 0.4) is 0 Å². The summed E-state index contributed by atoms with van der Waals surface area (Å²) in [4.78, 5) is 10.9. The number of carboxylic acids is 1. The third kappa shape index (κ3) is 3.75. The Morgan fingerprint density at radius 1 is 1.12 bits per heavy atom. The second-order valence-corrected chi connectivity index (χ2v) is 6.51. The first-order valence-electron chi connectivity index (χ1n) is 8.31.